The summed E-state index contributed by atoms with van der Waals surface area (Å²) in [7, 11) is 0. The molecule has 0 bridgehead atoms. The number of nitrogens with zero attached hydrogens (tertiary/aromatic N) is 1. The second kappa shape index (κ2) is 9.63. The lowest BCUT2D eigenvalue weighted by Gasteiger charge is -2.08. The smallest absolute Gasteiger partial charge is 0.137 e. The number of carbonyl (C=O) groups is 1. The monoisotopic (exact) mass is 355 g/mol. The number of carbonyl (C=O) groups excluding carboxylic acids is 1. The van der Waals surface area contributed by atoms with Crippen LogP contribution in [-0.2, 0) is 11.2 Å². The molecule has 0 spiro atoms. The highest BCUT2D eigenvalue weighted by atomic mass is 16.1. The van der Waals surface area contributed by atoms with Crippen molar-refractivity contribution in [3.05, 3.63) is 102 Å². The third-order valence-corrected chi connectivity index (χ3v) is 4.48. The van der Waals surface area contributed by atoms with Gasteiger partial charge in [-0.2, -0.15) is 0 Å². The number of ketones is 1. The number of aliphatic imine (C=N–C) groups is 1. The van der Waals surface area contributed by atoms with Crippen LogP contribution in [-0.4, -0.2) is 11.5 Å². The van der Waals surface area contributed by atoms with E-state index >= 15 is 0 Å². The molecule has 3 aromatic carbocycles. The maximum absolute atomic E-state index is 12.0. The standard InChI is InChI=1S/C25H25NO/c1-2-3-14-24(27)19-20-15-17-23(18-16-20)26-25(21-10-6-4-7-11-21)22-12-8-5-9-13-22/h4-13,15-18H,2-3,14,19H2,1H3. The van der Waals surface area contributed by atoms with Crippen LogP contribution in [0.15, 0.2) is 89.9 Å². The van der Waals surface area contributed by atoms with E-state index in [1.165, 1.54) is 0 Å². The molecule has 0 saturated carbocycles. The molecule has 0 radical (unpaired) electrons. The van der Waals surface area contributed by atoms with E-state index in [0.29, 0.717) is 18.6 Å². The maximum Gasteiger partial charge on any atom is 0.137 e. The Labute approximate surface area is 161 Å². The van der Waals surface area contributed by atoms with Gasteiger partial charge in [0.15, 0.2) is 0 Å². The molecule has 3 aromatic rings. The molecule has 0 fully saturated rings. The predicted molar refractivity (Wildman–Crippen MR) is 113 cm³/mol. The number of rotatable bonds is 8. The fourth-order valence-corrected chi connectivity index (χ4v) is 3.00. The Hall–Kier alpha value is -3.00. The van der Waals surface area contributed by atoms with Crippen LogP contribution in [0.5, 0.6) is 0 Å². The summed E-state index contributed by atoms with van der Waals surface area (Å²) < 4.78 is 0. The van der Waals surface area contributed by atoms with Crippen molar-refractivity contribution in [2.24, 2.45) is 4.99 Å². The van der Waals surface area contributed by atoms with Crippen molar-refractivity contribution in [2.75, 3.05) is 0 Å². The Balaban J connectivity index is 1.84. The molecule has 0 aliphatic carbocycles. The van der Waals surface area contributed by atoms with Gasteiger partial charge in [0.1, 0.15) is 5.78 Å². The van der Waals surface area contributed by atoms with E-state index < -0.39 is 0 Å². The van der Waals surface area contributed by atoms with Crippen molar-refractivity contribution in [3.63, 3.8) is 0 Å². The highest BCUT2D eigenvalue weighted by Gasteiger charge is 2.07. The first kappa shape index (κ1) is 18.8. The van der Waals surface area contributed by atoms with Crippen LogP contribution in [0.3, 0.4) is 0 Å². The third kappa shape index (κ3) is 5.49. The minimum Gasteiger partial charge on any atom is -0.299 e. The van der Waals surface area contributed by atoms with Gasteiger partial charge in [-0.15, -0.1) is 0 Å². The number of Topliss-reactive ketones (excluding diaryl/α,β-unsaturated/α-hetero) is 1. The Bertz CT molecular complexity index is 839. The van der Waals surface area contributed by atoms with Gasteiger partial charge in [0.25, 0.3) is 0 Å². The summed E-state index contributed by atoms with van der Waals surface area (Å²) >= 11 is 0. The molecule has 2 heteroatoms. The van der Waals surface area contributed by atoms with Crippen molar-refractivity contribution in [1.29, 1.82) is 0 Å². The van der Waals surface area contributed by atoms with Gasteiger partial charge in [-0.1, -0.05) is 86.1 Å². The fourth-order valence-electron chi connectivity index (χ4n) is 3.00. The molecule has 136 valence electrons. The molecule has 0 saturated heterocycles. The van der Waals surface area contributed by atoms with Gasteiger partial charge >= 0.3 is 0 Å². The lowest BCUT2D eigenvalue weighted by atomic mass is 10.0. The van der Waals surface area contributed by atoms with Crippen LogP contribution >= 0.6 is 0 Å². The second-order valence-electron chi connectivity index (χ2n) is 6.68. The Morgan fingerprint density at radius 2 is 1.33 bits per heavy atom. The SMILES string of the molecule is CCCCC(=O)Cc1ccc(N=C(c2ccccc2)c2ccccc2)cc1. The number of hydrogen-bond donors (Lipinski definition) is 0. The Kier molecular flexibility index (Phi) is 6.70. The summed E-state index contributed by atoms with van der Waals surface area (Å²) in [6.07, 6.45) is 3.21. The molecule has 0 N–H and O–H groups in total. The van der Waals surface area contributed by atoms with Gasteiger partial charge in [0.05, 0.1) is 11.4 Å². The average molecular weight is 355 g/mol. The molecule has 0 heterocycles. The molecule has 0 unspecified atom stereocenters. The van der Waals surface area contributed by atoms with Gasteiger partial charge in [-0.3, -0.25) is 4.79 Å². The first-order valence-corrected chi connectivity index (χ1v) is 9.56. The highest BCUT2D eigenvalue weighted by Crippen LogP contribution is 2.19. The summed E-state index contributed by atoms with van der Waals surface area (Å²) in [6.45, 7) is 2.11. The van der Waals surface area contributed by atoms with Crippen molar-refractivity contribution < 1.29 is 4.79 Å². The van der Waals surface area contributed by atoms with Gasteiger partial charge in [0, 0.05) is 24.0 Å². The van der Waals surface area contributed by atoms with E-state index in [0.717, 1.165) is 40.9 Å². The predicted octanol–water partition coefficient (Wildman–Crippen LogP) is 6.16. The summed E-state index contributed by atoms with van der Waals surface area (Å²) in [5, 5.41) is 0. The van der Waals surface area contributed by atoms with Crippen molar-refractivity contribution in [1.82, 2.24) is 0 Å². The van der Waals surface area contributed by atoms with E-state index in [-0.39, 0.29) is 0 Å². The van der Waals surface area contributed by atoms with E-state index in [2.05, 4.69) is 31.2 Å². The summed E-state index contributed by atoms with van der Waals surface area (Å²) in [5.74, 6) is 0.308. The van der Waals surface area contributed by atoms with E-state index in [9.17, 15) is 4.79 Å². The molecular weight excluding hydrogens is 330 g/mol. The third-order valence-electron chi connectivity index (χ3n) is 4.48. The molecule has 0 aliphatic heterocycles. The Morgan fingerprint density at radius 3 is 1.85 bits per heavy atom. The average Bonchev–Trinajstić information content (AvgIpc) is 2.73. The van der Waals surface area contributed by atoms with Crippen LogP contribution in [0, 0.1) is 0 Å². The molecular formula is C25H25NO. The van der Waals surface area contributed by atoms with E-state index in [4.69, 9.17) is 4.99 Å². The Morgan fingerprint density at radius 1 is 0.778 bits per heavy atom. The first-order valence-electron chi connectivity index (χ1n) is 9.56. The molecule has 3 rings (SSSR count). The molecule has 2 nitrogen and oxygen atoms in total. The first-order chi connectivity index (χ1) is 13.3. The molecule has 0 atom stereocenters. The van der Waals surface area contributed by atoms with Crippen molar-refractivity contribution in [3.8, 4) is 0 Å². The van der Waals surface area contributed by atoms with E-state index in [1.807, 2.05) is 60.7 Å². The van der Waals surface area contributed by atoms with Crippen LogP contribution < -0.4 is 0 Å². The van der Waals surface area contributed by atoms with Gasteiger partial charge in [0.2, 0.25) is 0 Å². The quantitative estimate of drug-likeness (QED) is 0.445. The van der Waals surface area contributed by atoms with Gasteiger partial charge in [-0.25, -0.2) is 4.99 Å². The topological polar surface area (TPSA) is 29.4 Å². The zero-order valence-electron chi connectivity index (χ0n) is 15.8. The molecule has 0 aromatic heterocycles. The maximum atomic E-state index is 12.0. The number of unbranched alkanes of at least 4 members (excludes halogenated alkanes) is 1. The van der Waals surface area contributed by atoms with Crippen LogP contribution in [0.2, 0.25) is 0 Å². The van der Waals surface area contributed by atoms with Gasteiger partial charge in [-0.05, 0) is 24.1 Å². The van der Waals surface area contributed by atoms with Crippen LogP contribution in [0.25, 0.3) is 0 Å². The summed E-state index contributed by atoms with van der Waals surface area (Å²) in [4.78, 5) is 16.9. The van der Waals surface area contributed by atoms with Crippen molar-refractivity contribution >= 4 is 17.2 Å². The minimum absolute atomic E-state index is 0.308. The fraction of sp³-hybridized carbons (Fsp3) is 0.200. The lowest BCUT2D eigenvalue weighted by Crippen LogP contribution is -2.03. The minimum atomic E-state index is 0.308. The van der Waals surface area contributed by atoms with Crippen LogP contribution in [0.4, 0.5) is 5.69 Å². The highest BCUT2D eigenvalue weighted by molar-refractivity contribution is 6.13. The van der Waals surface area contributed by atoms with Crippen LogP contribution in [0.1, 0.15) is 42.9 Å². The number of hydrogen-bond acceptors (Lipinski definition) is 2. The zero-order valence-corrected chi connectivity index (χ0v) is 15.8. The molecule has 27 heavy (non-hydrogen) atoms. The summed E-state index contributed by atoms with van der Waals surface area (Å²) in [6, 6.07) is 28.4. The summed E-state index contributed by atoms with van der Waals surface area (Å²) in [5.41, 5.74) is 5.06. The lowest BCUT2D eigenvalue weighted by molar-refractivity contribution is -0.118. The normalized spacial score (nSPS) is 10.4. The molecule has 0 amide bonds. The van der Waals surface area contributed by atoms with E-state index in [1.54, 1.807) is 0 Å². The molecule has 0 aliphatic rings. The zero-order chi connectivity index (χ0) is 18.9. The van der Waals surface area contributed by atoms with Crippen molar-refractivity contribution in [2.45, 2.75) is 32.6 Å². The second-order valence-corrected chi connectivity index (χ2v) is 6.68. The van der Waals surface area contributed by atoms with Gasteiger partial charge < -0.3 is 0 Å². The number of benzene rings is 3. The largest absolute Gasteiger partial charge is 0.299 e.